The Bertz CT molecular complexity index is 425. The van der Waals surface area contributed by atoms with Gasteiger partial charge in [0.1, 0.15) is 5.60 Å². The summed E-state index contributed by atoms with van der Waals surface area (Å²) in [6.07, 6.45) is 0.841. The average Bonchev–Trinajstić information content (AvgIpc) is 2.28. The Morgan fingerprint density at radius 3 is 2.55 bits per heavy atom. The first kappa shape index (κ1) is 16.1. The summed E-state index contributed by atoms with van der Waals surface area (Å²) in [6, 6.07) is -0.824. The van der Waals surface area contributed by atoms with E-state index in [2.05, 4.69) is 15.3 Å². The minimum atomic E-state index is -0.615. The molecule has 3 N–H and O–H groups in total. The maximum Gasteiger partial charge on any atom is 0.407 e. The first-order valence-corrected chi connectivity index (χ1v) is 6.56. The van der Waals surface area contributed by atoms with Crippen molar-refractivity contribution in [2.24, 2.45) is 16.8 Å². The molecule has 1 fully saturated rings. The van der Waals surface area contributed by atoms with Gasteiger partial charge in [-0.3, -0.25) is 4.79 Å². The highest BCUT2D eigenvalue weighted by Crippen LogP contribution is 2.27. The smallest absolute Gasteiger partial charge is 0.407 e. The number of hydrogen-bond acceptors (Lipinski definition) is 4. The quantitative estimate of drug-likeness (QED) is 0.465. The maximum absolute atomic E-state index is 11.8. The van der Waals surface area contributed by atoms with E-state index in [1.807, 2.05) is 0 Å². The van der Waals surface area contributed by atoms with Gasteiger partial charge < -0.3 is 15.8 Å². The number of nitrogens with two attached hydrogens (primary N) is 1. The molecule has 2 amide bonds. The molecular formula is C12H21N5O3. The molecule has 8 nitrogen and oxygen atoms in total. The van der Waals surface area contributed by atoms with E-state index >= 15 is 0 Å². The zero-order valence-electron chi connectivity index (χ0n) is 12.0. The molecule has 0 heterocycles. The number of azide groups is 1. The van der Waals surface area contributed by atoms with Crippen LogP contribution in [0, 0.1) is 5.92 Å². The molecule has 3 atom stereocenters. The zero-order valence-corrected chi connectivity index (χ0v) is 12.0. The van der Waals surface area contributed by atoms with Gasteiger partial charge in [-0.25, -0.2) is 4.79 Å². The Morgan fingerprint density at radius 1 is 1.40 bits per heavy atom. The lowest BCUT2D eigenvalue weighted by Crippen LogP contribution is -2.49. The first-order valence-electron chi connectivity index (χ1n) is 6.56. The van der Waals surface area contributed by atoms with Gasteiger partial charge >= 0.3 is 6.09 Å². The van der Waals surface area contributed by atoms with Crippen molar-refractivity contribution in [1.29, 1.82) is 0 Å². The molecule has 0 saturated heterocycles. The molecule has 0 radical (unpaired) electrons. The predicted octanol–water partition coefficient (Wildman–Crippen LogP) is 1.84. The van der Waals surface area contributed by atoms with Crippen LogP contribution in [0.1, 0.15) is 40.0 Å². The van der Waals surface area contributed by atoms with Gasteiger partial charge in [-0.05, 0) is 45.6 Å². The summed E-state index contributed by atoms with van der Waals surface area (Å²) in [6.45, 7) is 5.26. The van der Waals surface area contributed by atoms with Gasteiger partial charge in [0, 0.05) is 16.9 Å². The van der Waals surface area contributed by atoms with Crippen molar-refractivity contribution in [3.8, 4) is 0 Å². The highest BCUT2D eigenvalue weighted by Gasteiger charge is 2.34. The monoisotopic (exact) mass is 283 g/mol. The summed E-state index contributed by atoms with van der Waals surface area (Å²) >= 11 is 0. The Hall–Kier alpha value is -1.95. The van der Waals surface area contributed by atoms with Crippen molar-refractivity contribution in [3.63, 3.8) is 0 Å². The Morgan fingerprint density at radius 2 is 2.05 bits per heavy atom. The number of ether oxygens (including phenoxy) is 1. The Balaban J connectivity index is 2.71. The second kappa shape index (κ2) is 6.47. The number of carbonyl (C=O) groups is 2. The third-order valence-corrected chi connectivity index (χ3v) is 3.12. The van der Waals surface area contributed by atoms with Crippen LogP contribution in [0.5, 0.6) is 0 Å². The van der Waals surface area contributed by atoms with Crippen LogP contribution in [-0.2, 0) is 9.53 Å². The lowest BCUT2D eigenvalue weighted by Gasteiger charge is -2.33. The third kappa shape index (κ3) is 4.97. The van der Waals surface area contributed by atoms with E-state index in [1.54, 1.807) is 20.8 Å². The summed E-state index contributed by atoms with van der Waals surface area (Å²) in [5.41, 5.74) is 13.2. The maximum atomic E-state index is 11.8. The number of rotatable bonds is 3. The van der Waals surface area contributed by atoms with Gasteiger partial charge in [-0.2, -0.15) is 0 Å². The van der Waals surface area contributed by atoms with Crippen LogP contribution in [0.15, 0.2) is 5.11 Å². The molecule has 0 aromatic rings. The Labute approximate surface area is 117 Å². The molecule has 1 saturated carbocycles. The summed E-state index contributed by atoms with van der Waals surface area (Å²) in [5.74, 6) is -0.722. The minimum Gasteiger partial charge on any atom is -0.444 e. The summed E-state index contributed by atoms with van der Waals surface area (Å²) in [7, 11) is 0. The normalized spacial score (nSPS) is 26.2. The second-order valence-corrected chi connectivity index (χ2v) is 5.94. The molecule has 8 heteroatoms. The molecule has 0 spiro atoms. The van der Waals surface area contributed by atoms with Crippen LogP contribution in [0.3, 0.4) is 0 Å². The minimum absolute atomic E-state index is 0.319. The fraction of sp³-hybridized carbons (Fsp3) is 0.833. The highest BCUT2D eigenvalue weighted by atomic mass is 16.6. The summed E-state index contributed by atoms with van der Waals surface area (Å²) < 4.78 is 5.16. The predicted molar refractivity (Wildman–Crippen MR) is 72.6 cm³/mol. The lowest BCUT2D eigenvalue weighted by atomic mass is 9.82. The largest absolute Gasteiger partial charge is 0.444 e. The first-order chi connectivity index (χ1) is 9.23. The highest BCUT2D eigenvalue weighted by molar-refractivity contribution is 5.77. The summed E-state index contributed by atoms with van der Waals surface area (Å²) in [5, 5.41) is 6.33. The molecule has 20 heavy (non-hydrogen) atoms. The SMILES string of the molecule is CC(C)(C)OC(=O)NC1CC(C(N)=O)CCC1N=[N+]=[N-]. The van der Waals surface area contributed by atoms with Crippen molar-refractivity contribution in [2.75, 3.05) is 0 Å². The van der Waals surface area contributed by atoms with Gasteiger partial charge in [-0.15, -0.1) is 0 Å². The number of amides is 2. The van der Waals surface area contributed by atoms with E-state index in [0.717, 1.165) is 0 Å². The molecule has 0 aromatic heterocycles. The van der Waals surface area contributed by atoms with Crippen LogP contribution < -0.4 is 11.1 Å². The third-order valence-electron chi connectivity index (χ3n) is 3.12. The molecule has 3 unspecified atom stereocenters. The van der Waals surface area contributed by atoms with E-state index in [1.165, 1.54) is 0 Å². The topological polar surface area (TPSA) is 130 Å². The molecule has 0 aromatic carbocycles. The van der Waals surface area contributed by atoms with E-state index in [9.17, 15) is 9.59 Å². The molecule has 1 aliphatic carbocycles. The number of nitrogens with one attached hydrogen (secondary N) is 1. The van der Waals surface area contributed by atoms with Gasteiger partial charge in [0.25, 0.3) is 0 Å². The van der Waals surface area contributed by atoms with Gasteiger partial charge in [0.05, 0.1) is 6.04 Å². The lowest BCUT2D eigenvalue weighted by molar-refractivity contribution is -0.123. The van der Waals surface area contributed by atoms with Crippen LogP contribution in [0.4, 0.5) is 4.79 Å². The van der Waals surface area contributed by atoms with Crippen LogP contribution in [0.2, 0.25) is 0 Å². The number of carbonyl (C=O) groups excluding carboxylic acids is 2. The number of nitrogens with zero attached hydrogens (tertiary/aromatic N) is 3. The number of hydrogen-bond donors (Lipinski definition) is 2. The van der Waals surface area contributed by atoms with E-state index < -0.39 is 23.6 Å². The van der Waals surface area contributed by atoms with E-state index in [0.29, 0.717) is 19.3 Å². The van der Waals surface area contributed by atoms with Gasteiger partial charge in [-0.1, -0.05) is 5.11 Å². The second-order valence-electron chi connectivity index (χ2n) is 5.94. The molecule has 0 bridgehead atoms. The van der Waals surface area contributed by atoms with E-state index in [-0.39, 0.29) is 12.0 Å². The number of primary amides is 1. The van der Waals surface area contributed by atoms with Crippen molar-refractivity contribution >= 4 is 12.0 Å². The Kier molecular flexibility index (Phi) is 5.21. The van der Waals surface area contributed by atoms with Crippen molar-refractivity contribution in [1.82, 2.24) is 5.32 Å². The number of alkyl carbamates (subject to hydrolysis) is 1. The van der Waals surface area contributed by atoms with Crippen molar-refractivity contribution in [2.45, 2.75) is 57.7 Å². The van der Waals surface area contributed by atoms with Crippen molar-refractivity contribution in [3.05, 3.63) is 10.4 Å². The fourth-order valence-corrected chi connectivity index (χ4v) is 2.23. The zero-order chi connectivity index (χ0) is 15.3. The standard InChI is InChI=1S/C12H21N5O3/c1-12(2,3)20-11(19)15-9-6-7(10(13)18)4-5-8(9)16-17-14/h7-9H,4-6H2,1-3H3,(H2,13,18)(H,15,19). The molecule has 0 aliphatic heterocycles. The molecular weight excluding hydrogens is 262 g/mol. The van der Waals surface area contributed by atoms with Crippen LogP contribution >= 0.6 is 0 Å². The van der Waals surface area contributed by atoms with Crippen LogP contribution in [-0.4, -0.2) is 29.7 Å². The van der Waals surface area contributed by atoms with Crippen LogP contribution in [0.25, 0.3) is 10.4 Å². The molecule has 1 rings (SSSR count). The summed E-state index contributed by atoms with van der Waals surface area (Å²) in [4.78, 5) is 25.8. The molecule has 112 valence electrons. The van der Waals surface area contributed by atoms with Crippen molar-refractivity contribution < 1.29 is 14.3 Å². The van der Waals surface area contributed by atoms with Gasteiger partial charge in [0.15, 0.2) is 0 Å². The van der Waals surface area contributed by atoms with E-state index in [4.69, 9.17) is 16.0 Å². The average molecular weight is 283 g/mol. The molecule has 1 aliphatic rings. The fourth-order valence-electron chi connectivity index (χ4n) is 2.23. The van der Waals surface area contributed by atoms with Gasteiger partial charge in [0.2, 0.25) is 5.91 Å².